The second-order valence-corrected chi connectivity index (χ2v) is 9.46. The van der Waals surface area contributed by atoms with E-state index in [-0.39, 0.29) is 27.8 Å². The lowest BCUT2D eigenvalue weighted by atomic mass is 9.89. The van der Waals surface area contributed by atoms with Crippen LogP contribution in [0.4, 0.5) is 4.39 Å². The third kappa shape index (κ3) is 6.11. The first kappa shape index (κ1) is 25.0. The van der Waals surface area contributed by atoms with E-state index in [9.17, 15) is 14.0 Å². The Morgan fingerprint density at radius 3 is 2.74 bits per heavy atom. The summed E-state index contributed by atoms with van der Waals surface area (Å²) < 4.78 is 24.7. The standard InChI is InChI=1S/C23H26BrFN6O4/c24-16-13-15(11-12-17(16)25)31-21(30-34-23(31)33)20-18(28-35-29-20)9-5-2-6-10-19(26)27-22(32)14-7-3-1-4-8-14/h11-14H,1-10H2,(H2,26,27,32). The van der Waals surface area contributed by atoms with Crippen molar-refractivity contribution in [3.8, 4) is 17.2 Å². The molecule has 0 atom stereocenters. The fourth-order valence-electron chi connectivity index (χ4n) is 4.21. The van der Waals surface area contributed by atoms with Gasteiger partial charge in [-0.25, -0.2) is 23.4 Å². The number of amidine groups is 1. The number of aliphatic imine (C=N–C) groups is 1. The average Bonchev–Trinajstić information content (AvgIpc) is 3.47. The smallest absolute Gasteiger partial charge is 0.387 e. The third-order valence-electron chi connectivity index (χ3n) is 6.09. The number of rotatable bonds is 9. The van der Waals surface area contributed by atoms with Gasteiger partial charge in [0, 0.05) is 12.3 Å². The summed E-state index contributed by atoms with van der Waals surface area (Å²) in [5, 5.41) is 11.7. The lowest BCUT2D eigenvalue weighted by Crippen LogP contribution is -2.20. The van der Waals surface area contributed by atoms with E-state index in [1.807, 2.05) is 0 Å². The number of nitrogens with zero attached hydrogens (tertiary/aromatic N) is 5. The van der Waals surface area contributed by atoms with Gasteiger partial charge in [-0.3, -0.25) is 9.32 Å². The Labute approximate surface area is 208 Å². The molecule has 0 aliphatic heterocycles. The summed E-state index contributed by atoms with van der Waals surface area (Å²) in [5.41, 5.74) is 7.11. The normalized spacial score (nSPS) is 15.0. The predicted molar refractivity (Wildman–Crippen MR) is 128 cm³/mol. The maximum Gasteiger partial charge on any atom is 0.446 e. The minimum absolute atomic E-state index is 0.0188. The molecule has 1 saturated carbocycles. The Morgan fingerprint density at radius 2 is 1.97 bits per heavy atom. The van der Waals surface area contributed by atoms with Gasteiger partial charge in [-0.2, -0.15) is 0 Å². The van der Waals surface area contributed by atoms with E-state index in [0.717, 1.165) is 44.9 Å². The van der Waals surface area contributed by atoms with E-state index in [1.165, 1.54) is 29.2 Å². The maximum absolute atomic E-state index is 13.6. The van der Waals surface area contributed by atoms with Crippen LogP contribution in [-0.4, -0.2) is 31.8 Å². The summed E-state index contributed by atoms with van der Waals surface area (Å²) in [7, 11) is 0. The molecule has 0 saturated heterocycles. The maximum atomic E-state index is 13.6. The van der Waals surface area contributed by atoms with Crippen molar-refractivity contribution in [1.29, 1.82) is 0 Å². The highest BCUT2D eigenvalue weighted by molar-refractivity contribution is 9.10. The largest absolute Gasteiger partial charge is 0.446 e. The van der Waals surface area contributed by atoms with Crippen molar-refractivity contribution in [3.63, 3.8) is 0 Å². The molecular formula is C23H26BrFN6O4. The summed E-state index contributed by atoms with van der Waals surface area (Å²) in [4.78, 5) is 28.6. The number of carbonyl (C=O) groups is 1. The van der Waals surface area contributed by atoms with Crippen LogP contribution in [0, 0.1) is 11.7 Å². The highest BCUT2D eigenvalue weighted by Gasteiger charge is 2.23. The number of aryl methyl sites for hydroxylation is 1. The molecule has 12 heteroatoms. The van der Waals surface area contributed by atoms with Gasteiger partial charge in [0.15, 0.2) is 5.69 Å². The lowest BCUT2D eigenvalue weighted by molar-refractivity contribution is -0.122. The van der Waals surface area contributed by atoms with Crippen LogP contribution in [0.2, 0.25) is 0 Å². The van der Waals surface area contributed by atoms with Crippen molar-refractivity contribution in [1.82, 2.24) is 20.0 Å². The molecule has 2 N–H and O–H groups in total. The van der Waals surface area contributed by atoms with Crippen LogP contribution in [0.25, 0.3) is 17.2 Å². The lowest BCUT2D eigenvalue weighted by Gasteiger charge is -2.18. The van der Waals surface area contributed by atoms with E-state index in [2.05, 4.69) is 36.4 Å². The zero-order chi connectivity index (χ0) is 24.8. The summed E-state index contributed by atoms with van der Waals surface area (Å²) in [6, 6.07) is 4.10. The molecule has 0 unspecified atom stereocenters. The monoisotopic (exact) mass is 548 g/mol. The Kier molecular flexibility index (Phi) is 8.21. The van der Waals surface area contributed by atoms with Crippen LogP contribution in [0.5, 0.6) is 0 Å². The second-order valence-electron chi connectivity index (χ2n) is 8.60. The number of aromatic nitrogens is 4. The van der Waals surface area contributed by atoms with Crippen LogP contribution in [-0.2, 0) is 11.2 Å². The Hall–Kier alpha value is -3.15. The molecule has 186 valence electrons. The number of hydrogen-bond donors (Lipinski definition) is 1. The van der Waals surface area contributed by atoms with E-state index < -0.39 is 11.6 Å². The molecule has 0 bridgehead atoms. The Balaban J connectivity index is 1.34. The minimum Gasteiger partial charge on any atom is -0.387 e. The second kappa shape index (κ2) is 11.5. The number of halogens is 2. The zero-order valence-corrected chi connectivity index (χ0v) is 20.7. The predicted octanol–water partition coefficient (Wildman–Crippen LogP) is 4.34. The molecule has 1 amide bonds. The highest BCUT2D eigenvalue weighted by Crippen LogP contribution is 2.26. The number of amides is 1. The van der Waals surface area contributed by atoms with Gasteiger partial charge in [-0.05, 0) is 71.4 Å². The fourth-order valence-corrected chi connectivity index (χ4v) is 4.57. The highest BCUT2D eigenvalue weighted by atomic mass is 79.9. The fraction of sp³-hybridized carbons (Fsp3) is 0.478. The van der Waals surface area contributed by atoms with Crippen molar-refractivity contribution in [2.75, 3.05) is 0 Å². The molecule has 3 aromatic rings. The van der Waals surface area contributed by atoms with Crippen LogP contribution in [0.1, 0.15) is 63.5 Å². The number of carbonyl (C=O) groups excluding carboxylic acids is 1. The Morgan fingerprint density at radius 1 is 1.17 bits per heavy atom. The quantitative estimate of drug-likeness (QED) is 0.236. The molecule has 35 heavy (non-hydrogen) atoms. The van der Waals surface area contributed by atoms with Gasteiger partial charge < -0.3 is 5.73 Å². The molecule has 1 aliphatic rings. The molecule has 2 aromatic heterocycles. The van der Waals surface area contributed by atoms with Crippen molar-refractivity contribution in [2.24, 2.45) is 16.6 Å². The van der Waals surface area contributed by atoms with Crippen LogP contribution >= 0.6 is 15.9 Å². The third-order valence-corrected chi connectivity index (χ3v) is 6.70. The van der Waals surface area contributed by atoms with Gasteiger partial charge in [0.05, 0.1) is 10.2 Å². The SMILES string of the molecule is NC(CCCCCc1nonc1-c1noc(=O)n1-c1ccc(F)c(Br)c1)=NC(=O)C1CCCCC1. The first-order valence-corrected chi connectivity index (χ1v) is 12.5. The van der Waals surface area contributed by atoms with Crippen molar-refractivity contribution >= 4 is 27.7 Å². The number of benzene rings is 1. The molecule has 4 rings (SSSR count). The number of nitrogens with two attached hydrogens (primary N) is 1. The van der Waals surface area contributed by atoms with Gasteiger partial charge in [-0.1, -0.05) is 36.0 Å². The minimum atomic E-state index is -0.745. The summed E-state index contributed by atoms with van der Waals surface area (Å²) >= 11 is 3.11. The number of hydrogen-bond acceptors (Lipinski definition) is 7. The Bertz CT molecular complexity index is 1260. The van der Waals surface area contributed by atoms with Gasteiger partial charge >= 0.3 is 5.76 Å². The zero-order valence-electron chi connectivity index (χ0n) is 19.1. The number of unbranched alkanes of at least 4 members (excludes halogenated alkanes) is 2. The first-order valence-electron chi connectivity index (χ1n) is 11.7. The van der Waals surface area contributed by atoms with E-state index in [0.29, 0.717) is 30.1 Å². The molecule has 0 spiro atoms. The molecule has 0 radical (unpaired) electrons. The van der Waals surface area contributed by atoms with Crippen LogP contribution in [0.3, 0.4) is 0 Å². The summed E-state index contributed by atoms with van der Waals surface area (Å²) in [5.74, 6) is -0.792. The molecule has 1 fully saturated rings. The molecule has 1 aromatic carbocycles. The average molecular weight is 549 g/mol. The van der Waals surface area contributed by atoms with Gasteiger partial charge in [0.2, 0.25) is 11.7 Å². The summed E-state index contributed by atoms with van der Waals surface area (Å²) in [6.07, 6.45) is 8.55. The molecule has 10 nitrogen and oxygen atoms in total. The molecular weight excluding hydrogens is 523 g/mol. The van der Waals surface area contributed by atoms with Gasteiger partial charge in [0.25, 0.3) is 0 Å². The molecule has 2 heterocycles. The van der Waals surface area contributed by atoms with Crippen molar-refractivity contribution < 1.29 is 18.3 Å². The van der Waals surface area contributed by atoms with Crippen LogP contribution < -0.4 is 11.5 Å². The van der Waals surface area contributed by atoms with Gasteiger partial charge in [0.1, 0.15) is 17.3 Å². The van der Waals surface area contributed by atoms with Crippen molar-refractivity contribution in [2.45, 2.75) is 64.2 Å². The van der Waals surface area contributed by atoms with Crippen LogP contribution in [0.15, 0.2) is 41.6 Å². The first-order chi connectivity index (χ1) is 16.9. The van der Waals surface area contributed by atoms with Gasteiger partial charge in [-0.15, -0.1) is 0 Å². The van der Waals surface area contributed by atoms with E-state index in [4.69, 9.17) is 14.9 Å². The van der Waals surface area contributed by atoms with E-state index >= 15 is 0 Å². The molecule has 1 aliphatic carbocycles. The topological polar surface area (TPSA) is 142 Å². The van der Waals surface area contributed by atoms with Crippen molar-refractivity contribution in [3.05, 3.63) is 44.7 Å². The summed E-state index contributed by atoms with van der Waals surface area (Å²) in [6.45, 7) is 0. The van der Waals surface area contributed by atoms with E-state index in [1.54, 1.807) is 0 Å².